The van der Waals surface area contributed by atoms with Gasteiger partial charge < -0.3 is 10.1 Å². The van der Waals surface area contributed by atoms with Crippen molar-refractivity contribution in [2.45, 2.75) is 75.1 Å². The van der Waals surface area contributed by atoms with E-state index in [0.29, 0.717) is 31.5 Å². The van der Waals surface area contributed by atoms with Crippen molar-refractivity contribution in [2.24, 2.45) is 18.9 Å². The van der Waals surface area contributed by atoms with Crippen LogP contribution in [0.4, 0.5) is 4.39 Å². The number of para-hydroxylation sites is 1. The number of alkyl halides is 1. The normalized spacial score (nSPS) is 23.2. The summed E-state index contributed by atoms with van der Waals surface area (Å²) < 4.78 is 17.8. The van der Waals surface area contributed by atoms with Gasteiger partial charge in [0.2, 0.25) is 5.91 Å². The van der Waals surface area contributed by atoms with Crippen LogP contribution in [0.25, 0.3) is 10.9 Å². The Labute approximate surface area is 236 Å². The number of rotatable bonds is 10. The molecule has 1 saturated carbocycles. The van der Waals surface area contributed by atoms with E-state index in [1.54, 1.807) is 11.7 Å². The highest BCUT2D eigenvalue weighted by Crippen LogP contribution is 2.42. The van der Waals surface area contributed by atoms with Crippen LogP contribution in [0.1, 0.15) is 81.4 Å². The van der Waals surface area contributed by atoms with E-state index in [9.17, 15) is 9.59 Å². The number of nitrogens with one attached hydrogen (secondary N) is 1. The average Bonchev–Trinajstić information content (AvgIpc) is 3.29. The third-order valence-corrected chi connectivity index (χ3v) is 9.76. The summed E-state index contributed by atoms with van der Waals surface area (Å²) in [4.78, 5) is 25.9. The van der Waals surface area contributed by atoms with Crippen molar-refractivity contribution >= 4 is 34.9 Å². The Balaban J connectivity index is 1.43. The number of halogens is 1. The first-order valence-electron chi connectivity index (χ1n) is 14.5. The SMILES string of the molecule is CNC(=O)C(CCC=O)c1nn(C)c2c(C#CCCC3CCN(CC4CCCCC4)CC3(F)SC)cccc12. The molecule has 1 N–H and O–H groups in total. The minimum Gasteiger partial charge on any atom is -0.359 e. The van der Waals surface area contributed by atoms with Gasteiger partial charge in [0, 0.05) is 51.3 Å². The van der Waals surface area contributed by atoms with Crippen molar-refractivity contribution in [1.82, 2.24) is 20.0 Å². The van der Waals surface area contributed by atoms with Crippen LogP contribution in [0.5, 0.6) is 0 Å². The Bertz CT molecular complexity index is 1200. The van der Waals surface area contributed by atoms with E-state index in [2.05, 4.69) is 27.2 Å². The molecule has 1 aliphatic heterocycles. The van der Waals surface area contributed by atoms with Gasteiger partial charge in [0.05, 0.1) is 22.7 Å². The third-order valence-electron chi connectivity index (χ3n) is 8.62. The van der Waals surface area contributed by atoms with Gasteiger partial charge in [-0.25, -0.2) is 4.39 Å². The quantitative estimate of drug-likeness (QED) is 0.313. The smallest absolute Gasteiger partial charge is 0.228 e. The number of carbonyl (C=O) groups is 2. The standard InChI is InChI=1S/C31H43FN4O2S/c1-33-30(38)27(17-10-20-37)28-26-16-9-14-24(29(26)35(2)34-28)13-7-8-15-25-18-19-36(22-31(25,32)39-3)21-23-11-5-4-6-12-23/h9,14,16,20,23,25,27H,4-6,8,10-12,15,17-19,21-22H2,1-3H3,(H,33,38). The number of likely N-dealkylation sites (N-methyl/N-ethyl adjacent to an activating group) is 1. The van der Waals surface area contributed by atoms with Crippen LogP contribution in [0.3, 0.4) is 0 Å². The molecule has 2 aromatic rings. The van der Waals surface area contributed by atoms with Crippen LogP contribution in [0, 0.1) is 23.7 Å². The summed E-state index contributed by atoms with van der Waals surface area (Å²) in [6, 6.07) is 5.85. The Kier molecular flexibility index (Phi) is 10.5. The number of benzene rings is 1. The molecular formula is C31H43FN4O2S. The van der Waals surface area contributed by atoms with Crippen molar-refractivity contribution in [2.75, 3.05) is 32.9 Å². The van der Waals surface area contributed by atoms with Gasteiger partial charge in [0.15, 0.2) is 5.00 Å². The molecule has 3 atom stereocenters. The van der Waals surface area contributed by atoms with Gasteiger partial charge >= 0.3 is 0 Å². The topological polar surface area (TPSA) is 67.2 Å². The van der Waals surface area contributed by atoms with Crippen LogP contribution in [0.2, 0.25) is 0 Å². The number of amides is 1. The molecule has 1 saturated heterocycles. The Morgan fingerprint density at radius 1 is 1.31 bits per heavy atom. The summed E-state index contributed by atoms with van der Waals surface area (Å²) in [5, 5.41) is 7.02. The number of fused-ring (bicyclic) bond motifs is 1. The van der Waals surface area contributed by atoms with E-state index >= 15 is 4.39 Å². The van der Waals surface area contributed by atoms with Crippen molar-refractivity contribution in [1.29, 1.82) is 0 Å². The lowest BCUT2D eigenvalue weighted by Crippen LogP contribution is -2.50. The lowest BCUT2D eigenvalue weighted by atomic mass is 9.86. The fourth-order valence-corrected chi connectivity index (χ4v) is 7.36. The molecule has 8 heteroatoms. The first-order chi connectivity index (χ1) is 18.9. The molecule has 1 amide bonds. The van der Waals surface area contributed by atoms with E-state index in [0.717, 1.165) is 54.6 Å². The molecule has 1 aromatic carbocycles. The van der Waals surface area contributed by atoms with Crippen LogP contribution in [-0.2, 0) is 16.6 Å². The second-order valence-electron chi connectivity index (χ2n) is 11.2. The predicted molar refractivity (Wildman–Crippen MR) is 157 cm³/mol. The highest BCUT2D eigenvalue weighted by molar-refractivity contribution is 7.99. The van der Waals surface area contributed by atoms with E-state index in [4.69, 9.17) is 0 Å². The van der Waals surface area contributed by atoms with Crippen molar-refractivity contribution < 1.29 is 14.0 Å². The van der Waals surface area contributed by atoms with E-state index in [-0.39, 0.29) is 11.8 Å². The second kappa shape index (κ2) is 13.8. The molecule has 0 spiro atoms. The first kappa shape index (κ1) is 29.6. The fraction of sp³-hybridized carbons (Fsp3) is 0.645. The Morgan fingerprint density at radius 2 is 2.10 bits per heavy atom. The molecule has 0 bridgehead atoms. The summed E-state index contributed by atoms with van der Waals surface area (Å²) in [7, 11) is 3.46. The maximum absolute atomic E-state index is 16.1. The van der Waals surface area contributed by atoms with Gasteiger partial charge in [-0.3, -0.25) is 14.4 Å². The highest BCUT2D eigenvalue weighted by Gasteiger charge is 2.43. The number of carbonyl (C=O) groups excluding carboxylic acids is 2. The van der Waals surface area contributed by atoms with E-state index in [1.807, 2.05) is 31.5 Å². The van der Waals surface area contributed by atoms with Crippen molar-refractivity contribution in [3.8, 4) is 11.8 Å². The van der Waals surface area contributed by atoms with Gasteiger partial charge in [-0.1, -0.05) is 43.2 Å². The third kappa shape index (κ3) is 7.05. The van der Waals surface area contributed by atoms with Gasteiger partial charge in [-0.2, -0.15) is 5.10 Å². The largest absolute Gasteiger partial charge is 0.359 e. The number of nitrogens with zero attached hydrogens (tertiary/aromatic N) is 3. The summed E-state index contributed by atoms with van der Waals surface area (Å²) >= 11 is 1.37. The molecule has 1 aromatic heterocycles. The average molecular weight is 555 g/mol. The zero-order chi connectivity index (χ0) is 27.8. The number of aromatic nitrogens is 2. The molecule has 39 heavy (non-hydrogen) atoms. The van der Waals surface area contributed by atoms with Gasteiger partial charge in [0.1, 0.15) is 6.29 Å². The van der Waals surface area contributed by atoms with Crippen molar-refractivity contribution in [3.63, 3.8) is 0 Å². The van der Waals surface area contributed by atoms with E-state index < -0.39 is 10.9 Å². The Morgan fingerprint density at radius 3 is 2.82 bits per heavy atom. The number of hydrogen-bond acceptors (Lipinski definition) is 5. The summed E-state index contributed by atoms with van der Waals surface area (Å²) in [5.41, 5.74) is 2.39. The minimum absolute atomic E-state index is 0.00892. The molecule has 2 aliphatic rings. The van der Waals surface area contributed by atoms with Gasteiger partial charge in [-0.15, -0.1) is 11.8 Å². The summed E-state index contributed by atoms with van der Waals surface area (Å²) in [5.74, 6) is 6.71. The monoisotopic (exact) mass is 554 g/mol. The van der Waals surface area contributed by atoms with Gasteiger partial charge in [-0.05, 0) is 56.9 Å². The molecule has 6 nitrogen and oxygen atoms in total. The van der Waals surface area contributed by atoms with E-state index in [1.165, 1.54) is 43.9 Å². The molecule has 0 radical (unpaired) electrons. The fourth-order valence-electron chi connectivity index (χ4n) is 6.48. The number of thioether (sulfide) groups is 1. The van der Waals surface area contributed by atoms with Gasteiger partial charge in [0.25, 0.3) is 0 Å². The molecule has 1 aliphatic carbocycles. The van der Waals surface area contributed by atoms with Crippen LogP contribution in [-0.4, -0.2) is 64.8 Å². The molecule has 4 rings (SSSR count). The molecular weight excluding hydrogens is 511 g/mol. The molecule has 2 heterocycles. The number of hydrogen-bond donors (Lipinski definition) is 1. The molecule has 212 valence electrons. The summed E-state index contributed by atoms with van der Waals surface area (Å²) in [6.45, 7) is 2.55. The van der Waals surface area contributed by atoms with Crippen molar-refractivity contribution in [3.05, 3.63) is 29.5 Å². The Hall–Kier alpha value is -2.37. The molecule has 3 unspecified atom stereocenters. The molecule has 2 fully saturated rings. The second-order valence-corrected chi connectivity index (χ2v) is 12.3. The van der Waals surface area contributed by atoms with Crippen LogP contribution in [0.15, 0.2) is 18.2 Å². The zero-order valence-corrected chi connectivity index (χ0v) is 24.5. The minimum atomic E-state index is -1.22. The highest BCUT2D eigenvalue weighted by atomic mass is 32.2. The summed E-state index contributed by atoms with van der Waals surface area (Å²) in [6.07, 6.45) is 12.3. The maximum atomic E-state index is 16.1. The lowest BCUT2D eigenvalue weighted by Gasteiger charge is -2.43. The zero-order valence-electron chi connectivity index (χ0n) is 23.7. The maximum Gasteiger partial charge on any atom is 0.228 e. The predicted octanol–water partition coefficient (Wildman–Crippen LogP) is 5.44. The number of aldehydes is 1. The van der Waals surface area contributed by atoms with Crippen LogP contribution < -0.4 is 5.32 Å². The lowest BCUT2D eigenvalue weighted by molar-refractivity contribution is -0.122. The number of likely N-dealkylation sites (tertiary alicyclic amines) is 1. The number of aryl methyl sites for hydroxylation is 1. The first-order valence-corrected chi connectivity index (χ1v) is 15.7. The van der Waals surface area contributed by atoms with Crippen LogP contribution >= 0.6 is 11.8 Å². The number of piperidine rings is 1.